The van der Waals surface area contributed by atoms with Gasteiger partial charge in [-0.25, -0.2) is 4.79 Å². The van der Waals surface area contributed by atoms with Crippen LogP contribution >= 0.6 is 0 Å². The van der Waals surface area contributed by atoms with Crippen molar-refractivity contribution in [3.63, 3.8) is 0 Å². The molecule has 2 fully saturated rings. The Morgan fingerprint density at radius 1 is 1.20 bits per heavy atom. The molecule has 3 nitrogen and oxygen atoms in total. The van der Waals surface area contributed by atoms with Crippen molar-refractivity contribution in [2.24, 2.45) is 5.92 Å². The molecule has 0 bridgehead atoms. The lowest BCUT2D eigenvalue weighted by Gasteiger charge is -2.32. The molecule has 108 valence electrons. The van der Waals surface area contributed by atoms with Crippen molar-refractivity contribution in [2.45, 2.75) is 51.5 Å². The van der Waals surface area contributed by atoms with Gasteiger partial charge >= 0.3 is 5.97 Å². The molecule has 1 saturated heterocycles. The lowest BCUT2D eigenvalue weighted by atomic mass is 9.95. The van der Waals surface area contributed by atoms with Crippen LogP contribution in [0.1, 0.15) is 54.4 Å². The lowest BCUT2D eigenvalue weighted by Crippen LogP contribution is -2.35. The van der Waals surface area contributed by atoms with Crippen LogP contribution in [0.5, 0.6) is 0 Å². The molecule has 1 aliphatic carbocycles. The first-order valence-corrected chi connectivity index (χ1v) is 7.77. The minimum atomic E-state index is -0.839. The van der Waals surface area contributed by atoms with Gasteiger partial charge < -0.3 is 10.0 Å². The number of hydrogen-bond acceptors (Lipinski definition) is 2. The molecule has 1 aliphatic heterocycles. The summed E-state index contributed by atoms with van der Waals surface area (Å²) in [6, 6.07) is 6.23. The first-order valence-electron chi connectivity index (χ1n) is 7.77. The SMILES string of the molecule is Cc1cc(C(=O)O)ccc1N1CCCC1C1CCCC1. The van der Waals surface area contributed by atoms with Crippen LogP contribution < -0.4 is 4.90 Å². The van der Waals surface area contributed by atoms with E-state index in [1.165, 1.54) is 44.2 Å². The molecule has 0 aromatic heterocycles. The normalized spacial score (nSPS) is 23.4. The highest BCUT2D eigenvalue weighted by Gasteiger charge is 2.33. The number of hydrogen-bond donors (Lipinski definition) is 1. The Balaban J connectivity index is 1.85. The quantitative estimate of drug-likeness (QED) is 0.909. The molecule has 0 spiro atoms. The van der Waals surface area contributed by atoms with E-state index in [1.54, 1.807) is 6.07 Å². The van der Waals surface area contributed by atoms with Crippen LogP contribution in [0.2, 0.25) is 0 Å². The van der Waals surface area contributed by atoms with E-state index in [0.717, 1.165) is 18.0 Å². The summed E-state index contributed by atoms with van der Waals surface area (Å²) in [5.41, 5.74) is 2.72. The van der Waals surface area contributed by atoms with Gasteiger partial charge in [0.25, 0.3) is 0 Å². The third-order valence-electron chi connectivity index (χ3n) is 5.00. The van der Waals surface area contributed by atoms with Gasteiger partial charge in [0.2, 0.25) is 0 Å². The van der Waals surface area contributed by atoms with E-state index in [1.807, 2.05) is 19.1 Å². The number of carboxylic acids is 1. The second kappa shape index (κ2) is 5.47. The molecular weight excluding hydrogens is 250 g/mol. The Bertz CT molecular complexity index is 506. The Labute approximate surface area is 120 Å². The summed E-state index contributed by atoms with van der Waals surface area (Å²) in [6.45, 7) is 3.15. The zero-order chi connectivity index (χ0) is 14.1. The molecule has 1 heterocycles. The van der Waals surface area contributed by atoms with Crippen molar-refractivity contribution < 1.29 is 9.90 Å². The number of aromatic carboxylic acids is 1. The molecule has 1 unspecified atom stereocenters. The Morgan fingerprint density at radius 3 is 2.60 bits per heavy atom. The average Bonchev–Trinajstić information content (AvgIpc) is 3.09. The van der Waals surface area contributed by atoms with Crippen LogP contribution in [0.3, 0.4) is 0 Å². The summed E-state index contributed by atoms with van der Waals surface area (Å²) in [7, 11) is 0. The Morgan fingerprint density at radius 2 is 1.95 bits per heavy atom. The Hall–Kier alpha value is -1.51. The first-order chi connectivity index (χ1) is 9.66. The third-order valence-corrected chi connectivity index (χ3v) is 5.00. The zero-order valence-electron chi connectivity index (χ0n) is 12.1. The minimum Gasteiger partial charge on any atom is -0.478 e. The molecule has 20 heavy (non-hydrogen) atoms. The van der Waals surface area contributed by atoms with Gasteiger partial charge in [0, 0.05) is 18.3 Å². The zero-order valence-corrected chi connectivity index (χ0v) is 12.1. The molecule has 1 aromatic carbocycles. The minimum absolute atomic E-state index is 0.392. The summed E-state index contributed by atoms with van der Waals surface area (Å²) in [5, 5.41) is 9.08. The molecule has 2 aliphatic rings. The third kappa shape index (κ3) is 2.41. The Kier molecular flexibility index (Phi) is 3.68. The van der Waals surface area contributed by atoms with Crippen molar-refractivity contribution in [1.82, 2.24) is 0 Å². The van der Waals surface area contributed by atoms with E-state index in [2.05, 4.69) is 4.90 Å². The topological polar surface area (TPSA) is 40.5 Å². The summed E-state index contributed by atoms with van der Waals surface area (Å²) in [4.78, 5) is 13.6. The molecule has 0 radical (unpaired) electrons. The highest BCUT2D eigenvalue weighted by atomic mass is 16.4. The highest BCUT2D eigenvalue weighted by molar-refractivity contribution is 5.88. The number of anilines is 1. The molecule has 1 atom stereocenters. The van der Waals surface area contributed by atoms with Gasteiger partial charge in [-0.1, -0.05) is 12.8 Å². The lowest BCUT2D eigenvalue weighted by molar-refractivity contribution is 0.0697. The van der Waals surface area contributed by atoms with Gasteiger partial charge in [-0.05, 0) is 62.3 Å². The van der Waals surface area contributed by atoms with Crippen molar-refractivity contribution >= 4 is 11.7 Å². The van der Waals surface area contributed by atoms with E-state index in [0.29, 0.717) is 11.6 Å². The number of aryl methyl sites for hydroxylation is 1. The second-order valence-corrected chi connectivity index (χ2v) is 6.25. The van der Waals surface area contributed by atoms with Crippen LogP contribution in [0.4, 0.5) is 5.69 Å². The van der Waals surface area contributed by atoms with E-state index in [-0.39, 0.29) is 0 Å². The molecule has 1 saturated carbocycles. The standard InChI is InChI=1S/C17H23NO2/c1-12-11-14(17(19)20)8-9-15(12)18-10-4-7-16(18)13-5-2-3-6-13/h8-9,11,13,16H,2-7,10H2,1H3,(H,19,20). The number of rotatable bonds is 3. The molecular formula is C17H23NO2. The fourth-order valence-electron chi connectivity index (χ4n) is 4.03. The number of carboxylic acid groups (broad SMARTS) is 1. The summed E-state index contributed by atoms with van der Waals surface area (Å²) in [5.74, 6) is 0.00413. The largest absolute Gasteiger partial charge is 0.478 e. The van der Waals surface area contributed by atoms with Crippen LogP contribution in [-0.4, -0.2) is 23.7 Å². The van der Waals surface area contributed by atoms with Crippen LogP contribution in [0, 0.1) is 12.8 Å². The summed E-state index contributed by atoms with van der Waals surface area (Å²) >= 11 is 0. The highest BCUT2D eigenvalue weighted by Crippen LogP contribution is 2.38. The van der Waals surface area contributed by atoms with E-state index < -0.39 is 5.97 Å². The fourth-order valence-corrected chi connectivity index (χ4v) is 4.03. The summed E-state index contributed by atoms with van der Waals surface area (Å²) in [6.07, 6.45) is 8.06. The van der Waals surface area contributed by atoms with Gasteiger partial charge in [-0.15, -0.1) is 0 Å². The fraction of sp³-hybridized carbons (Fsp3) is 0.588. The van der Waals surface area contributed by atoms with Crippen molar-refractivity contribution in [3.05, 3.63) is 29.3 Å². The van der Waals surface area contributed by atoms with Crippen LogP contribution in [0.25, 0.3) is 0 Å². The first kappa shape index (κ1) is 13.5. The number of benzene rings is 1. The van der Waals surface area contributed by atoms with Crippen LogP contribution in [0.15, 0.2) is 18.2 Å². The van der Waals surface area contributed by atoms with Crippen LogP contribution in [-0.2, 0) is 0 Å². The van der Waals surface area contributed by atoms with Gasteiger partial charge in [0.05, 0.1) is 5.56 Å². The number of carbonyl (C=O) groups is 1. The molecule has 1 aromatic rings. The number of nitrogens with zero attached hydrogens (tertiary/aromatic N) is 1. The van der Waals surface area contributed by atoms with E-state index in [4.69, 9.17) is 5.11 Å². The smallest absolute Gasteiger partial charge is 0.335 e. The van der Waals surface area contributed by atoms with E-state index >= 15 is 0 Å². The summed E-state index contributed by atoms with van der Waals surface area (Å²) < 4.78 is 0. The van der Waals surface area contributed by atoms with E-state index in [9.17, 15) is 4.79 Å². The molecule has 0 amide bonds. The van der Waals surface area contributed by atoms with Gasteiger partial charge in [0.15, 0.2) is 0 Å². The molecule has 3 heteroatoms. The maximum atomic E-state index is 11.0. The van der Waals surface area contributed by atoms with Crippen molar-refractivity contribution in [1.29, 1.82) is 0 Å². The maximum Gasteiger partial charge on any atom is 0.335 e. The predicted molar refractivity (Wildman–Crippen MR) is 80.5 cm³/mol. The maximum absolute atomic E-state index is 11.0. The van der Waals surface area contributed by atoms with Crippen molar-refractivity contribution in [3.8, 4) is 0 Å². The van der Waals surface area contributed by atoms with Gasteiger partial charge in [-0.2, -0.15) is 0 Å². The second-order valence-electron chi connectivity index (χ2n) is 6.25. The monoisotopic (exact) mass is 273 g/mol. The molecule has 1 N–H and O–H groups in total. The predicted octanol–water partition coefficient (Wildman–Crippen LogP) is 3.85. The van der Waals surface area contributed by atoms with Gasteiger partial charge in [-0.3, -0.25) is 0 Å². The van der Waals surface area contributed by atoms with Gasteiger partial charge in [0.1, 0.15) is 0 Å². The van der Waals surface area contributed by atoms with Crippen molar-refractivity contribution in [2.75, 3.05) is 11.4 Å². The average molecular weight is 273 g/mol. The molecule has 3 rings (SSSR count).